The molecule has 1 amide bonds. The minimum absolute atomic E-state index is 0.0879. The standard InChI is InChI=1S/C16H24N2O2/c1-18(15-7-10-17-11-8-15)16(19)13-20-12-9-14-5-3-2-4-6-14/h2-6,15,17H,7-13H2,1H3. The van der Waals surface area contributed by atoms with E-state index in [2.05, 4.69) is 17.4 Å². The minimum Gasteiger partial charge on any atom is -0.371 e. The van der Waals surface area contributed by atoms with Crippen LogP contribution in [0.25, 0.3) is 0 Å². The van der Waals surface area contributed by atoms with Gasteiger partial charge in [-0.1, -0.05) is 30.3 Å². The van der Waals surface area contributed by atoms with E-state index in [0.29, 0.717) is 12.6 Å². The van der Waals surface area contributed by atoms with Crippen molar-refractivity contribution in [1.82, 2.24) is 10.2 Å². The van der Waals surface area contributed by atoms with Crippen LogP contribution in [0.1, 0.15) is 18.4 Å². The van der Waals surface area contributed by atoms with E-state index in [1.165, 1.54) is 5.56 Å². The van der Waals surface area contributed by atoms with Gasteiger partial charge in [-0.2, -0.15) is 0 Å². The molecule has 1 N–H and O–H groups in total. The van der Waals surface area contributed by atoms with Crippen molar-refractivity contribution in [2.75, 3.05) is 33.4 Å². The number of ether oxygens (including phenoxy) is 1. The van der Waals surface area contributed by atoms with Gasteiger partial charge < -0.3 is 15.0 Å². The number of piperidine rings is 1. The van der Waals surface area contributed by atoms with Crippen LogP contribution in [0.3, 0.4) is 0 Å². The van der Waals surface area contributed by atoms with Gasteiger partial charge >= 0.3 is 0 Å². The first kappa shape index (κ1) is 15.0. The maximum Gasteiger partial charge on any atom is 0.248 e. The Bertz CT molecular complexity index is 402. The molecule has 0 unspecified atom stereocenters. The zero-order chi connectivity index (χ0) is 14.2. The zero-order valence-electron chi connectivity index (χ0n) is 12.2. The van der Waals surface area contributed by atoms with E-state index in [1.54, 1.807) is 0 Å². The Kier molecular flexibility index (Phi) is 6.02. The smallest absolute Gasteiger partial charge is 0.248 e. The van der Waals surface area contributed by atoms with Gasteiger partial charge in [0.15, 0.2) is 0 Å². The number of carbonyl (C=O) groups excluding carboxylic acids is 1. The van der Waals surface area contributed by atoms with Crippen molar-refractivity contribution in [2.45, 2.75) is 25.3 Å². The van der Waals surface area contributed by atoms with Crippen molar-refractivity contribution in [3.63, 3.8) is 0 Å². The Morgan fingerprint density at radius 2 is 2.00 bits per heavy atom. The maximum absolute atomic E-state index is 12.0. The normalized spacial score (nSPS) is 16.1. The van der Waals surface area contributed by atoms with Gasteiger partial charge in [0.25, 0.3) is 0 Å². The summed E-state index contributed by atoms with van der Waals surface area (Å²) in [6.07, 6.45) is 2.92. The van der Waals surface area contributed by atoms with Crippen LogP contribution in [0.2, 0.25) is 0 Å². The number of amides is 1. The molecule has 1 aliphatic rings. The van der Waals surface area contributed by atoms with Crippen LogP contribution >= 0.6 is 0 Å². The maximum atomic E-state index is 12.0. The van der Waals surface area contributed by atoms with Gasteiger partial charge in [0.05, 0.1) is 6.61 Å². The van der Waals surface area contributed by atoms with Gasteiger partial charge in [-0.15, -0.1) is 0 Å². The van der Waals surface area contributed by atoms with E-state index in [0.717, 1.165) is 32.4 Å². The average molecular weight is 276 g/mol. The highest BCUT2D eigenvalue weighted by Gasteiger charge is 2.21. The molecule has 0 spiro atoms. The van der Waals surface area contributed by atoms with Crippen molar-refractivity contribution in [2.24, 2.45) is 0 Å². The molecule has 0 radical (unpaired) electrons. The van der Waals surface area contributed by atoms with Gasteiger partial charge in [0, 0.05) is 13.1 Å². The lowest BCUT2D eigenvalue weighted by molar-refractivity contribution is -0.137. The molecule has 1 aromatic carbocycles. The number of likely N-dealkylation sites (N-methyl/N-ethyl adjacent to an activating group) is 1. The second-order valence-electron chi connectivity index (χ2n) is 5.27. The van der Waals surface area contributed by atoms with E-state index in [9.17, 15) is 4.79 Å². The second-order valence-corrected chi connectivity index (χ2v) is 5.27. The number of benzene rings is 1. The van der Waals surface area contributed by atoms with Crippen molar-refractivity contribution >= 4 is 5.91 Å². The third-order valence-electron chi connectivity index (χ3n) is 3.85. The van der Waals surface area contributed by atoms with Crippen LogP contribution in [-0.2, 0) is 16.0 Å². The molecule has 2 rings (SSSR count). The summed E-state index contributed by atoms with van der Waals surface area (Å²) in [6.45, 7) is 2.78. The van der Waals surface area contributed by atoms with E-state index in [-0.39, 0.29) is 12.5 Å². The third-order valence-corrected chi connectivity index (χ3v) is 3.85. The molecule has 4 nitrogen and oxygen atoms in total. The van der Waals surface area contributed by atoms with Gasteiger partial charge in [-0.05, 0) is 37.9 Å². The Morgan fingerprint density at radius 3 is 2.70 bits per heavy atom. The van der Waals surface area contributed by atoms with E-state index in [1.807, 2.05) is 30.1 Å². The molecule has 1 aliphatic heterocycles. The summed E-state index contributed by atoms with van der Waals surface area (Å²) in [5, 5.41) is 3.31. The molecular formula is C16H24N2O2. The first-order chi connectivity index (χ1) is 9.77. The molecule has 1 fully saturated rings. The molecule has 20 heavy (non-hydrogen) atoms. The lowest BCUT2D eigenvalue weighted by Crippen LogP contribution is -2.45. The molecule has 0 aliphatic carbocycles. The fourth-order valence-electron chi connectivity index (χ4n) is 2.49. The molecule has 1 saturated heterocycles. The molecular weight excluding hydrogens is 252 g/mol. The Labute approximate surface area is 121 Å². The number of carbonyl (C=O) groups is 1. The summed E-state index contributed by atoms with van der Waals surface area (Å²) >= 11 is 0. The fraction of sp³-hybridized carbons (Fsp3) is 0.562. The van der Waals surface area contributed by atoms with E-state index in [4.69, 9.17) is 4.74 Å². The molecule has 0 atom stereocenters. The summed E-state index contributed by atoms with van der Waals surface area (Å²) < 4.78 is 5.50. The quantitative estimate of drug-likeness (QED) is 0.800. The van der Waals surface area contributed by atoms with Gasteiger partial charge in [-0.3, -0.25) is 4.79 Å². The summed E-state index contributed by atoms with van der Waals surface area (Å²) in [5.41, 5.74) is 1.24. The molecule has 1 heterocycles. The van der Waals surface area contributed by atoms with E-state index < -0.39 is 0 Å². The van der Waals surface area contributed by atoms with Crippen molar-refractivity contribution in [3.05, 3.63) is 35.9 Å². The topological polar surface area (TPSA) is 41.6 Å². The van der Waals surface area contributed by atoms with Crippen LogP contribution in [-0.4, -0.2) is 50.2 Å². The van der Waals surface area contributed by atoms with E-state index >= 15 is 0 Å². The summed E-state index contributed by atoms with van der Waals surface area (Å²) in [4.78, 5) is 13.9. The van der Waals surface area contributed by atoms with Gasteiger partial charge in [0.2, 0.25) is 5.91 Å². The Balaban J connectivity index is 1.64. The number of nitrogens with zero attached hydrogens (tertiary/aromatic N) is 1. The van der Waals surface area contributed by atoms with Gasteiger partial charge in [-0.25, -0.2) is 0 Å². The number of nitrogens with one attached hydrogen (secondary N) is 1. The zero-order valence-corrected chi connectivity index (χ0v) is 12.2. The predicted molar refractivity (Wildman–Crippen MR) is 79.6 cm³/mol. The lowest BCUT2D eigenvalue weighted by atomic mass is 10.1. The van der Waals surface area contributed by atoms with Crippen LogP contribution < -0.4 is 5.32 Å². The molecule has 0 bridgehead atoms. The Hall–Kier alpha value is -1.39. The third kappa shape index (κ3) is 4.62. The summed E-state index contributed by atoms with van der Waals surface area (Å²) in [6, 6.07) is 10.6. The molecule has 110 valence electrons. The summed E-state index contributed by atoms with van der Waals surface area (Å²) in [5.74, 6) is 0.0879. The van der Waals surface area contributed by atoms with Crippen LogP contribution in [0, 0.1) is 0 Å². The monoisotopic (exact) mass is 276 g/mol. The van der Waals surface area contributed by atoms with Crippen molar-refractivity contribution < 1.29 is 9.53 Å². The highest BCUT2D eigenvalue weighted by molar-refractivity contribution is 5.77. The molecule has 0 aromatic heterocycles. The Morgan fingerprint density at radius 1 is 1.30 bits per heavy atom. The number of rotatable bonds is 6. The van der Waals surface area contributed by atoms with Crippen LogP contribution in [0.5, 0.6) is 0 Å². The van der Waals surface area contributed by atoms with Gasteiger partial charge in [0.1, 0.15) is 6.61 Å². The SMILES string of the molecule is CN(C(=O)COCCc1ccccc1)C1CCNCC1. The second kappa shape index (κ2) is 8.02. The van der Waals surface area contributed by atoms with Crippen LogP contribution in [0.4, 0.5) is 0 Å². The van der Waals surface area contributed by atoms with Crippen LogP contribution in [0.15, 0.2) is 30.3 Å². The highest BCUT2D eigenvalue weighted by atomic mass is 16.5. The first-order valence-corrected chi connectivity index (χ1v) is 7.35. The average Bonchev–Trinajstić information content (AvgIpc) is 2.52. The largest absolute Gasteiger partial charge is 0.371 e. The number of hydrogen-bond acceptors (Lipinski definition) is 3. The summed E-state index contributed by atoms with van der Waals surface area (Å²) in [7, 11) is 1.89. The minimum atomic E-state index is 0.0879. The van der Waals surface area contributed by atoms with Crippen molar-refractivity contribution in [1.29, 1.82) is 0 Å². The lowest BCUT2D eigenvalue weighted by Gasteiger charge is -2.31. The molecule has 4 heteroatoms. The first-order valence-electron chi connectivity index (χ1n) is 7.35. The molecule has 0 saturated carbocycles. The highest BCUT2D eigenvalue weighted by Crippen LogP contribution is 2.10. The fourth-order valence-corrected chi connectivity index (χ4v) is 2.49. The predicted octanol–water partition coefficient (Wildman–Crippen LogP) is 1.46. The number of hydrogen-bond donors (Lipinski definition) is 1. The molecule has 1 aromatic rings. The van der Waals surface area contributed by atoms with Crippen molar-refractivity contribution in [3.8, 4) is 0 Å².